The van der Waals surface area contributed by atoms with Crippen molar-refractivity contribution in [1.82, 2.24) is 0 Å². The summed E-state index contributed by atoms with van der Waals surface area (Å²) in [4.78, 5) is 0. The van der Waals surface area contributed by atoms with Gasteiger partial charge in [0.15, 0.2) is 0 Å². The van der Waals surface area contributed by atoms with Crippen molar-refractivity contribution in [2.24, 2.45) is 0 Å². The van der Waals surface area contributed by atoms with Gasteiger partial charge in [0.05, 0.1) is 0 Å². The van der Waals surface area contributed by atoms with Crippen molar-refractivity contribution in [2.45, 2.75) is 6.55 Å². The van der Waals surface area contributed by atoms with Crippen molar-refractivity contribution in [3.63, 3.8) is 0 Å². The summed E-state index contributed by atoms with van der Waals surface area (Å²) >= 11 is 0. The van der Waals surface area contributed by atoms with Gasteiger partial charge in [-0.25, -0.2) is 0 Å². The molecule has 9 heteroatoms. The highest BCUT2D eigenvalue weighted by molar-refractivity contribution is 6.58. The first kappa shape index (κ1) is 19.5. The van der Waals surface area contributed by atoms with Gasteiger partial charge in [-0.05, 0) is 0 Å². The molecule has 0 radical (unpaired) electrons. The van der Waals surface area contributed by atoms with Crippen LogP contribution in [0.4, 0.5) is 0 Å². The van der Waals surface area contributed by atoms with Crippen LogP contribution in [0.5, 0.6) is 0 Å². The lowest BCUT2D eigenvalue weighted by Crippen LogP contribution is -2.45. The summed E-state index contributed by atoms with van der Waals surface area (Å²) in [5.41, 5.74) is 0. The van der Waals surface area contributed by atoms with Crippen LogP contribution >= 0.6 is 0 Å². The molecule has 0 saturated heterocycles. The molecular weight excluding hydrogens is 264 g/mol. The highest BCUT2D eigenvalue weighted by Gasteiger charge is 2.40. The predicted octanol–water partition coefficient (Wildman–Crippen LogP) is 0.502. The molecule has 0 saturated carbocycles. The molecule has 17 heavy (non-hydrogen) atoms. The minimum atomic E-state index is -2.69. The molecule has 0 heterocycles. The second kappa shape index (κ2) is 10.1. The van der Waals surface area contributed by atoms with E-state index in [1.54, 1.807) is 21.3 Å². The van der Waals surface area contributed by atoms with Crippen LogP contribution < -0.4 is 0 Å². The van der Waals surface area contributed by atoms with Gasteiger partial charge in [-0.15, -0.1) is 0 Å². The standard InChI is InChI=1S/C4H12O4Si.C4H12O3Si/c1-5-9(6-2,7-3)8-4;1-5-8(4,6-2)7-3/h1-4H3;1-4H3. The van der Waals surface area contributed by atoms with E-state index >= 15 is 0 Å². The van der Waals surface area contributed by atoms with Crippen LogP contribution in [0.3, 0.4) is 0 Å². The van der Waals surface area contributed by atoms with Gasteiger partial charge in [-0.3, -0.25) is 0 Å². The van der Waals surface area contributed by atoms with Crippen molar-refractivity contribution < 1.29 is 31.0 Å². The van der Waals surface area contributed by atoms with E-state index in [2.05, 4.69) is 0 Å². The van der Waals surface area contributed by atoms with Crippen molar-refractivity contribution in [3.05, 3.63) is 0 Å². The average Bonchev–Trinajstić information content (AvgIpc) is 2.42. The molecule has 7 nitrogen and oxygen atoms in total. The largest absolute Gasteiger partial charge is 0.678 e. The second-order valence-corrected chi connectivity index (χ2v) is 8.37. The summed E-state index contributed by atoms with van der Waals surface area (Å²) in [6.45, 7) is 1.83. The molecule has 0 aliphatic heterocycles. The second-order valence-electron chi connectivity index (χ2n) is 2.79. The van der Waals surface area contributed by atoms with Gasteiger partial charge in [0, 0.05) is 56.3 Å². The van der Waals surface area contributed by atoms with Gasteiger partial charge in [0.25, 0.3) is 0 Å². The molecule has 0 aromatic rings. The molecule has 106 valence electrons. The van der Waals surface area contributed by atoms with Gasteiger partial charge < -0.3 is 31.0 Å². The molecule has 0 amide bonds. The minimum absolute atomic E-state index is 1.49. The number of hydrogen-bond donors (Lipinski definition) is 0. The molecule has 0 unspecified atom stereocenters. The molecule has 0 atom stereocenters. The normalized spacial score (nSPS) is 12.0. The van der Waals surface area contributed by atoms with E-state index in [9.17, 15) is 0 Å². The fraction of sp³-hybridized carbons (Fsp3) is 1.00. The topological polar surface area (TPSA) is 64.6 Å². The van der Waals surface area contributed by atoms with E-state index in [4.69, 9.17) is 31.0 Å². The van der Waals surface area contributed by atoms with Gasteiger partial charge in [0.2, 0.25) is 0 Å². The van der Waals surface area contributed by atoms with Crippen molar-refractivity contribution in [3.8, 4) is 0 Å². The smallest absolute Gasteiger partial charge is 0.377 e. The van der Waals surface area contributed by atoms with Crippen LogP contribution in [0.2, 0.25) is 6.55 Å². The van der Waals surface area contributed by atoms with Crippen LogP contribution in [-0.2, 0) is 31.0 Å². The summed E-state index contributed by atoms with van der Waals surface area (Å²) in [6, 6.07) is 0. The summed E-state index contributed by atoms with van der Waals surface area (Å²) in [5.74, 6) is 0. The Bertz CT molecular complexity index is 147. The first-order valence-corrected chi connectivity index (χ1v) is 8.64. The van der Waals surface area contributed by atoms with Crippen molar-refractivity contribution in [1.29, 1.82) is 0 Å². The summed E-state index contributed by atoms with van der Waals surface area (Å²) in [5, 5.41) is 0. The first-order valence-electron chi connectivity index (χ1n) is 4.79. The lowest BCUT2D eigenvalue weighted by Gasteiger charge is -2.19. The average molecular weight is 288 g/mol. The van der Waals surface area contributed by atoms with Gasteiger partial charge in [0.1, 0.15) is 0 Å². The fourth-order valence-electron chi connectivity index (χ4n) is 0.750. The number of hydrogen-bond acceptors (Lipinski definition) is 7. The van der Waals surface area contributed by atoms with Crippen LogP contribution in [0, 0.1) is 0 Å². The molecule has 0 N–H and O–H groups in total. The Hall–Kier alpha value is 0.154. The number of rotatable bonds is 7. The van der Waals surface area contributed by atoms with E-state index in [1.165, 1.54) is 28.4 Å². The van der Waals surface area contributed by atoms with Crippen LogP contribution in [0.15, 0.2) is 0 Å². The maximum Gasteiger partial charge on any atom is 0.678 e. The van der Waals surface area contributed by atoms with Gasteiger partial charge in [-0.2, -0.15) is 0 Å². The van der Waals surface area contributed by atoms with Crippen molar-refractivity contribution in [2.75, 3.05) is 49.8 Å². The zero-order valence-corrected chi connectivity index (χ0v) is 13.9. The Kier molecular flexibility index (Phi) is 11.6. The van der Waals surface area contributed by atoms with Crippen LogP contribution in [0.1, 0.15) is 0 Å². The van der Waals surface area contributed by atoms with E-state index in [0.717, 1.165) is 0 Å². The summed E-state index contributed by atoms with van der Waals surface area (Å²) < 4.78 is 34.2. The Balaban J connectivity index is 0. The Labute approximate surface area is 106 Å². The molecule has 0 aliphatic carbocycles. The van der Waals surface area contributed by atoms with Gasteiger partial charge >= 0.3 is 17.9 Å². The molecule has 0 aromatic heterocycles. The maximum atomic E-state index is 4.93. The quantitative estimate of drug-likeness (QED) is 0.632. The van der Waals surface area contributed by atoms with Crippen LogP contribution in [0.25, 0.3) is 0 Å². The van der Waals surface area contributed by atoms with Crippen LogP contribution in [-0.4, -0.2) is 67.6 Å². The molecule has 0 spiro atoms. The van der Waals surface area contributed by atoms with E-state index < -0.39 is 17.9 Å². The zero-order valence-electron chi connectivity index (χ0n) is 11.9. The monoisotopic (exact) mass is 288 g/mol. The Morgan fingerprint density at radius 1 is 0.471 bits per heavy atom. The lowest BCUT2D eigenvalue weighted by atomic mass is 11.8. The van der Waals surface area contributed by atoms with Crippen molar-refractivity contribution >= 4 is 17.9 Å². The highest BCUT2D eigenvalue weighted by atomic mass is 28.4. The maximum absolute atomic E-state index is 4.93. The summed E-state index contributed by atoms with van der Waals surface area (Å²) in [6.07, 6.45) is 0. The Morgan fingerprint density at radius 3 is 0.706 bits per heavy atom. The third-order valence-corrected chi connectivity index (χ3v) is 6.34. The molecule has 0 aliphatic rings. The van der Waals surface area contributed by atoms with Gasteiger partial charge in [-0.1, -0.05) is 0 Å². The van der Waals surface area contributed by atoms with E-state index in [1.807, 2.05) is 6.55 Å². The first-order chi connectivity index (χ1) is 7.92. The SMILES string of the molecule is CO[Si](C)(OC)OC.CO[Si](OC)(OC)OC. The third kappa shape index (κ3) is 7.23. The minimum Gasteiger partial charge on any atom is -0.377 e. The molecule has 0 fully saturated rings. The zero-order chi connectivity index (χ0) is 13.9. The lowest BCUT2D eigenvalue weighted by molar-refractivity contribution is 0.0226. The molecule has 0 rings (SSSR count). The fourth-order valence-corrected chi connectivity index (χ4v) is 2.25. The van der Waals surface area contributed by atoms with E-state index in [0.29, 0.717) is 0 Å². The Morgan fingerprint density at radius 2 is 0.706 bits per heavy atom. The predicted molar refractivity (Wildman–Crippen MR) is 66.4 cm³/mol. The highest BCUT2D eigenvalue weighted by Crippen LogP contribution is 2.04. The molecular formula is C8H24O7Si2. The van der Waals surface area contributed by atoms with E-state index in [-0.39, 0.29) is 0 Å². The molecule has 0 bridgehead atoms. The summed E-state index contributed by atoms with van der Waals surface area (Å²) in [7, 11) is 5.84. The molecule has 0 aromatic carbocycles. The third-order valence-electron chi connectivity index (χ3n) is 2.11.